The second-order valence-corrected chi connectivity index (χ2v) is 7.96. The molecule has 0 spiro atoms. The zero-order valence-corrected chi connectivity index (χ0v) is 19.2. The van der Waals surface area contributed by atoms with Crippen LogP contribution >= 0.6 is 23.2 Å². The monoisotopic (exact) mass is 454 g/mol. The van der Waals surface area contributed by atoms with E-state index in [4.69, 9.17) is 27.9 Å². The highest BCUT2D eigenvalue weighted by atomic mass is 35.5. The average molecular weight is 455 g/mol. The molecule has 2 rings (SSSR count). The molecule has 164 valence electrons. The minimum absolute atomic E-state index is 0.0736. The Kier molecular flexibility index (Phi) is 9.02. The molecule has 0 atom stereocenters. The van der Waals surface area contributed by atoms with E-state index >= 15 is 0 Å². The van der Waals surface area contributed by atoms with Gasteiger partial charge in [0, 0.05) is 38.6 Å². The third-order valence-corrected chi connectivity index (χ3v) is 5.52. The Bertz CT molecular complexity index is 870. The van der Waals surface area contributed by atoms with Crippen molar-refractivity contribution in [1.82, 2.24) is 14.4 Å². The Morgan fingerprint density at radius 1 is 1.20 bits per heavy atom. The third kappa shape index (κ3) is 6.39. The van der Waals surface area contributed by atoms with Gasteiger partial charge >= 0.3 is 6.03 Å². The minimum atomic E-state index is -0.423. The number of carbonyl (C=O) groups excluding carboxylic acids is 2. The van der Waals surface area contributed by atoms with Gasteiger partial charge in [-0.15, -0.1) is 0 Å². The van der Waals surface area contributed by atoms with Crippen LogP contribution in [0.5, 0.6) is 0 Å². The van der Waals surface area contributed by atoms with E-state index in [1.807, 2.05) is 43.8 Å². The zero-order chi connectivity index (χ0) is 22.3. The van der Waals surface area contributed by atoms with Crippen LogP contribution in [0.2, 0.25) is 10.0 Å². The van der Waals surface area contributed by atoms with Crippen molar-refractivity contribution in [2.24, 2.45) is 7.05 Å². The summed E-state index contributed by atoms with van der Waals surface area (Å²) in [5.74, 6) is -0.172. The molecule has 7 nitrogen and oxygen atoms in total. The zero-order valence-electron chi connectivity index (χ0n) is 17.7. The van der Waals surface area contributed by atoms with E-state index in [2.05, 4.69) is 5.32 Å². The number of halogens is 2. The maximum atomic E-state index is 13.1. The van der Waals surface area contributed by atoms with E-state index in [1.165, 1.54) is 4.90 Å². The highest BCUT2D eigenvalue weighted by Gasteiger charge is 2.24. The first-order valence-electron chi connectivity index (χ1n) is 9.63. The molecule has 0 aliphatic heterocycles. The van der Waals surface area contributed by atoms with Gasteiger partial charge in [-0.1, -0.05) is 29.3 Å². The summed E-state index contributed by atoms with van der Waals surface area (Å²) in [6.07, 6.45) is 1.93. The highest BCUT2D eigenvalue weighted by molar-refractivity contribution is 6.43. The summed E-state index contributed by atoms with van der Waals surface area (Å²) in [6.45, 7) is 4.89. The first-order chi connectivity index (χ1) is 14.2. The molecule has 0 saturated heterocycles. The van der Waals surface area contributed by atoms with E-state index in [1.54, 1.807) is 30.2 Å². The van der Waals surface area contributed by atoms with Crippen LogP contribution in [0.1, 0.15) is 19.5 Å². The number of anilines is 1. The van der Waals surface area contributed by atoms with Crippen molar-refractivity contribution in [3.63, 3.8) is 0 Å². The van der Waals surface area contributed by atoms with Gasteiger partial charge in [0.15, 0.2) is 0 Å². The summed E-state index contributed by atoms with van der Waals surface area (Å²) < 4.78 is 7.11. The standard InChI is InChI=1S/C21H28Cl2N4O3/c1-15(2)27(21(29)24-18-9-5-8-17(22)20(18)23)14-19(28)26(11-12-30-4)13-16-7-6-10-25(16)3/h5-10,15H,11-14H2,1-4H3,(H,24,29). The number of amides is 3. The fourth-order valence-corrected chi connectivity index (χ4v) is 3.22. The van der Waals surface area contributed by atoms with Crippen molar-refractivity contribution < 1.29 is 14.3 Å². The largest absolute Gasteiger partial charge is 0.383 e. The van der Waals surface area contributed by atoms with Crippen LogP contribution in [0.4, 0.5) is 10.5 Å². The number of aromatic nitrogens is 1. The smallest absolute Gasteiger partial charge is 0.322 e. The number of nitrogens with one attached hydrogen (secondary N) is 1. The summed E-state index contributed by atoms with van der Waals surface area (Å²) in [5.41, 5.74) is 1.39. The van der Waals surface area contributed by atoms with Crippen molar-refractivity contribution in [3.8, 4) is 0 Å². The second-order valence-electron chi connectivity index (χ2n) is 7.17. The molecule has 0 radical (unpaired) electrons. The van der Waals surface area contributed by atoms with Crippen LogP contribution in [-0.2, 0) is 23.1 Å². The Morgan fingerprint density at radius 2 is 1.93 bits per heavy atom. The highest BCUT2D eigenvalue weighted by Crippen LogP contribution is 2.29. The topological polar surface area (TPSA) is 66.8 Å². The molecule has 3 amide bonds. The summed E-state index contributed by atoms with van der Waals surface area (Å²) in [7, 11) is 3.52. The molecule has 1 N–H and O–H groups in total. The number of hydrogen-bond donors (Lipinski definition) is 1. The Balaban J connectivity index is 2.13. The number of hydrogen-bond acceptors (Lipinski definition) is 3. The number of aryl methyl sites for hydroxylation is 1. The molecule has 9 heteroatoms. The number of ether oxygens (including phenoxy) is 1. The molecular weight excluding hydrogens is 427 g/mol. The van der Waals surface area contributed by atoms with E-state index in [0.717, 1.165) is 5.69 Å². The van der Waals surface area contributed by atoms with Gasteiger partial charge in [0.2, 0.25) is 5.91 Å². The molecule has 0 saturated carbocycles. The summed E-state index contributed by atoms with van der Waals surface area (Å²) in [5, 5.41) is 3.35. The van der Waals surface area contributed by atoms with Crippen LogP contribution in [0.25, 0.3) is 0 Å². The summed E-state index contributed by atoms with van der Waals surface area (Å²) >= 11 is 12.2. The van der Waals surface area contributed by atoms with Gasteiger partial charge in [-0.05, 0) is 38.1 Å². The molecule has 1 aromatic carbocycles. The van der Waals surface area contributed by atoms with E-state index < -0.39 is 6.03 Å². The molecule has 1 aromatic heterocycles. The van der Waals surface area contributed by atoms with Crippen LogP contribution in [0, 0.1) is 0 Å². The summed E-state index contributed by atoms with van der Waals surface area (Å²) in [4.78, 5) is 29.1. The first kappa shape index (κ1) is 24.1. The van der Waals surface area contributed by atoms with Gasteiger partial charge in [0.05, 0.1) is 28.9 Å². The molecule has 0 fully saturated rings. The quantitative estimate of drug-likeness (QED) is 0.615. The van der Waals surface area contributed by atoms with Gasteiger partial charge < -0.3 is 24.4 Å². The SMILES string of the molecule is COCCN(Cc1cccn1C)C(=O)CN(C(=O)Nc1cccc(Cl)c1Cl)C(C)C. The van der Waals surface area contributed by atoms with Crippen molar-refractivity contribution >= 4 is 40.8 Å². The van der Waals surface area contributed by atoms with Crippen molar-refractivity contribution in [2.45, 2.75) is 26.4 Å². The van der Waals surface area contributed by atoms with Gasteiger partial charge in [-0.25, -0.2) is 4.79 Å². The fraction of sp³-hybridized carbons (Fsp3) is 0.429. The lowest BCUT2D eigenvalue weighted by atomic mass is 10.3. The van der Waals surface area contributed by atoms with Gasteiger partial charge in [0.25, 0.3) is 0 Å². The van der Waals surface area contributed by atoms with E-state index in [0.29, 0.717) is 30.4 Å². The Hall–Kier alpha value is -2.22. The van der Waals surface area contributed by atoms with Crippen LogP contribution in [0.15, 0.2) is 36.5 Å². The number of carbonyl (C=O) groups is 2. The molecule has 0 unspecified atom stereocenters. The van der Waals surface area contributed by atoms with Crippen molar-refractivity contribution in [1.29, 1.82) is 0 Å². The Labute approximate surface area is 187 Å². The van der Waals surface area contributed by atoms with Crippen molar-refractivity contribution in [2.75, 3.05) is 32.1 Å². The molecule has 30 heavy (non-hydrogen) atoms. The predicted molar refractivity (Wildman–Crippen MR) is 120 cm³/mol. The second kappa shape index (κ2) is 11.2. The lowest BCUT2D eigenvalue weighted by Gasteiger charge is -2.30. The van der Waals surface area contributed by atoms with Crippen LogP contribution in [0.3, 0.4) is 0 Å². The third-order valence-electron chi connectivity index (χ3n) is 4.71. The molecule has 0 aliphatic carbocycles. The molecule has 0 bridgehead atoms. The number of benzene rings is 1. The number of urea groups is 1. The summed E-state index contributed by atoms with van der Waals surface area (Å²) in [6, 6.07) is 8.26. The maximum absolute atomic E-state index is 13.1. The molecule has 1 heterocycles. The molecular formula is C21H28Cl2N4O3. The van der Waals surface area contributed by atoms with E-state index in [-0.39, 0.29) is 23.5 Å². The first-order valence-corrected chi connectivity index (χ1v) is 10.4. The van der Waals surface area contributed by atoms with Gasteiger partial charge in [-0.3, -0.25) is 4.79 Å². The minimum Gasteiger partial charge on any atom is -0.383 e. The lowest BCUT2D eigenvalue weighted by Crippen LogP contribution is -2.48. The lowest BCUT2D eigenvalue weighted by molar-refractivity contribution is -0.133. The van der Waals surface area contributed by atoms with E-state index in [9.17, 15) is 9.59 Å². The van der Waals surface area contributed by atoms with Crippen LogP contribution < -0.4 is 5.32 Å². The van der Waals surface area contributed by atoms with Gasteiger partial charge in [0.1, 0.15) is 6.54 Å². The van der Waals surface area contributed by atoms with Gasteiger partial charge in [-0.2, -0.15) is 0 Å². The number of nitrogens with zero attached hydrogens (tertiary/aromatic N) is 3. The normalized spacial score (nSPS) is 10.9. The number of methoxy groups -OCH3 is 1. The average Bonchev–Trinajstić information content (AvgIpc) is 3.10. The predicted octanol–water partition coefficient (Wildman–Crippen LogP) is 4.25. The molecule has 2 aromatic rings. The Morgan fingerprint density at radius 3 is 2.53 bits per heavy atom. The number of rotatable bonds is 9. The molecule has 0 aliphatic rings. The maximum Gasteiger partial charge on any atom is 0.322 e. The fourth-order valence-electron chi connectivity index (χ4n) is 2.87. The van der Waals surface area contributed by atoms with Crippen molar-refractivity contribution in [3.05, 3.63) is 52.3 Å². The van der Waals surface area contributed by atoms with Crippen LogP contribution in [-0.4, -0.2) is 59.2 Å².